The zero-order chi connectivity index (χ0) is 8.91. The first-order chi connectivity index (χ1) is 4.92. The molecule has 0 atom stereocenters. The number of allylic oxidation sites excluding steroid dienone is 1. The molecule has 0 unspecified atom stereocenters. The summed E-state index contributed by atoms with van der Waals surface area (Å²) in [6, 6.07) is 0.0242. The van der Waals surface area contributed by atoms with Crippen molar-refractivity contribution >= 4 is 9.76 Å². The normalized spacial score (nSPS) is 11.3. The topological polar surface area (TPSA) is 9.23 Å². The molecule has 0 aromatic heterocycles. The average molecular weight is 182 g/mol. The Bertz CT molecular complexity index is 132. The minimum atomic E-state index is -4.06. The summed E-state index contributed by atoms with van der Waals surface area (Å²) >= 11 is 0. The molecule has 0 spiro atoms. The molecule has 11 heavy (non-hydrogen) atoms. The molecule has 0 aromatic carbocycles. The molecule has 1 nitrogen and oxygen atoms in total. The first-order valence-corrected chi connectivity index (χ1v) is 4.15. The quantitative estimate of drug-likeness (QED) is 0.369. The molecule has 0 saturated heterocycles. The van der Waals surface area contributed by atoms with Gasteiger partial charge in [-0.1, -0.05) is 6.58 Å². The fourth-order valence-electron chi connectivity index (χ4n) is 0.367. The Kier molecular flexibility index (Phi) is 4.25. The van der Waals surface area contributed by atoms with E-state index >= 15 is 0 Å². The highest BCUT2D eigenvalue weighted by Crippen LogP contribution is 2.21. The third-order valence-electron chi connectivity index (χ3n) is 0.757. The van der Waals surface area contributed by atoms with Crippen molar-refractivity contribution in [1.29, 1.82) is 0 Å². The lowest BCUT2D eigenvalue weighted by Crippen LogP contribution is -2.09. The molecular weight excluding hydrogens is 173 g/mol. The lowest BCUT2D eigenvalue weighted by Gasteiger charge is -2.05. The van der Waals surface area contributed by atoms with Crippen LogP contribution in [0, 0.1) is 0 Å². The van der Waals surface area contributed by atoms with Gasteiger partial charge in [-0.15, -0.1) is 0 Å². The maximum Gasteiger partial charge on any atom is 0.388 e. The van der Waals surface area contributed by atoms with Crippen LogP contribution in [0.5, 0.6) is 0 Å². The maximum atomic E-state index is 11.5. The van der Waals surface area contributed by atoms with Crippen molar-refractivity contribution in [3.05, 3.63) is 12.3 Å². The number of alkyl halides is 3. The fourth-order valence-corrected chi connectivity index (χ4v) is 1.10. The van der Waals surface area contributed by atoms with E-state index in [0.29, 0.717) is 5.76 Å². The van der Waals surface area contributed by atoms with Crippen LogP contribution in [0.3, 0.4) is 0 Å². The van der Waals surface area contributed by atoms with Gasteiger partial charge in [0, 0.05) is 6.42 Å². The smallest absolute Gasteiger partial charge is 0.388 e. The van der Waals surface area contributed by atoms with Crippen molar-refractivity contribution in [3.63, 3.8) is 0 Å². The first kappa shape index (κ1) is 10.5. The molecule has 0 fully saturated rings. The lowest BCUT2D eigenvalue weighted by molar-refractivity contribution is -0.130. The maximum absolute atomic E-state index is 11.5. The van der Waals surface area contributed by atoms with Gasteiger partial charge in [0.05, 0.1) is 5.76 Å². The van der Waals surface area contributed by atoms with Gasteiger partial charge in [-0.05, 0) is 13.0 Å². The molecule has 64 valence electrons. The second kappa shape index (κ2) is 4.43. The van der Waals surface area contributed by atoms with Gasteiger partial charge in [0.25, 0.3) is 0 Å². The predicted octanol–water partition coefficient (Wildman–Crippen LogP) is 2.53. The van der Waals surface area contributed by atoms with E-state index in [1.165, 1.54) is 0 Å². The molecular formula is C6H9F3OSi. The van der Waals surface area contributed by atoms with E-state index in [2.05, 4.69) is 6.58 Å². The van der Waals surface area contributed by atoms with Gasteiger partial charge in [0.1, 0.15) is 0 Å². The van der Waals surface area contributed by atoms with E-state index in [4.69, 9.17) is 4.43 Å². The van der Waals surface area contributed by atoms with Gasteiger partial charge in [0.2, 0.25) is 0 Å². The number of halogens is 3. The predicted molar refractivity (Wildman–Crippen MR) is 37.1 cm³/mol. The second-order valence-electron chi connectivity index (χ2n) is 2.06. The number of hydrogen-bond acceptors (Lipinski definition) is 1. The van der Waals surface area contributed by atoms with Crippen molar-refractivity contribution < 1.29 is 17.6 Å². The number of hydrogen-bond donors (Lipinski definition) is 0. The third-order valence-corrected chi connectivity index (χ3v) is 1.70. The molecule has 5 heteroatoms. The van der Waals surface area contributed by atoms with Gasteiger partial charge in [-0.3, -0.25) is 0 Å². The minimum Gasteiger partial charge on any atom is -0.545 e. The SMILES string of the molecule is C=C(C)O[Si]CCC(F)(F)F. The minimum absolute atomic E-state index is 0.0242. The largest absolute Gasteiger partial charge is 0.545 e. The van der Waals surface area contributed by atoms with E-state index in [9.17, 15) is 13.2 Å². The van der Waals surface area contributed by atoms with Crippen LogP contribution in [0.1, 0.15) is 13.3 Å². The van der Waals surface area contributed by atoms with Crippen LogP contribution in [-0.4, -0.2) is 15.9 Å². The molecule has 2 radical (unpaired) electrons. The van der Waals surface area contributed by atoms with Gasteiger partial charge in [-0.2, -0.15) is 13.2 Å². The molecule has 0 rings (SSSR count). The van der Waals surface area contributed by atoms with Gasteiger partial charge in [0.15, 0.2) is 0 Å². The zero-order valence-corrected chi connectivity index (χ0v) is 7.16. The van der Waals surface area contributed by atoms with Crippen molar-refractivity contribution in [2.24, 2.45) is 0 Å². The Morgan fingerprint density at radius 3 is 2.45 bits per heavy atom. The molecule has 0 amide bonds. The average Bonchev–Trinajstić information content (AvgIpc) is 1.78. The molecule has 0 saturated carbocycles. The van der Waals surface area contributed by atoms with Gasteiger partial charge < -0.3 is 4.43 Å². The summed E-state index contributed by atoms with van der Waals surface area (Å²) in [4.78, 5) is 0. The highest BCUT2D eigenvalue weighted by molar-refractivity contribution is 6.27. The molecule has 0 aliphatic heterocycles. The fraction of sp³-hybridized carbons (Fsp3) is 0.667. The van der Waals surface area contributed by atoms with Gasteiger partial charge >= 0.3 is 15.9 Å². The monoisotopic (exact) mass is 182 g/mol. The molecule has 0 heterocycles. The molecule has 0 N–H and O–H groups in total. The van der Waals surface area contributed by atoms with Crippen molar-refractivity contribution in [3.8, 4) is 0 Å². The Balaban J connectivity index is 3.22. The summed E-state index contributed by atoms with van der Waals surface area (Å²) in [7, 11) is -0.133. The van der Waals surface area contributed by atoms with Crippen LogP contribution in [-0.2, 0) is 4.43 Å². The van der Waals surface area contributed by atoms with Crippen molar-refractivity contribution in [2.45, 2.75) is 25.6 Å². The highest BCUT2D eigenvalue weighted by Gasteiger charge is 2.26. The molecule has 0 bridgehead atoms. The summed E-state index contributed by atoms with van der Waals surface area (Å²) < 4.78 is 39.3. The Morgan fingerprint density at radius 1 is 1.55 bits per heavy atom. The summed E-state index contributed by atoms with van der Waals surface area (Å²) in [6.45, 7) is 5.00. The van der Waals surface area contributed by atoms with Crippen LogP contribution >= 0.6 is 0 Å². The highest BCUT2D eigenvalue weighted by atomic mass is 28.2. The van der Waals surface area contributed by atoms with E-state index in [-0.39, 0.29) is 15.8 Å². The Labute approximate surface area is 66.2 Å². The number of rotatable bonds is 4. The van der Waals surface area contributed by atoms with Crippen LogP contribution in [0.2, 0.25) is 6.04 Å². The van der Waals surface area contributed by atoms with Gasteiger partial charge in [-0.25, -0.2) is 0 Å². The van der Waals surface area contributed by atoms with Crippen LogP contribution in [0.25, 0.3) is 0 Å². The standard InChI is InChI=1S/C6H9F3OSi/c1-5(2)10-11-4-3-6(7,8)9/h1,3-4H2,2H3. The summed E-state index contributed by atoms with van der Waals surface area (Å²) in [5.41, 5.74) is 0. The Hall–Kier alpha value is -0.453. The Morgan fingerprint density at radius 2 is 2.09 bits per heavy atom. The van der Waals surface area contributed by atoms with E-state index in [1.807, 2.05) is 0 Å². The van der Waals surface area contributed by atoms with Crippen LogP contribution < -0.4 is 0 Å². The molecule has 0 aliphatic rings. The summed E-state index contributed by atoms with van der Waals surface area (Å²) in [5, 5.41) is 0. The second-order valence-corrected chi connectivity index (χ2v) is 3.06. The lowest BCUT2D eigenvalue weighted by atomic mass is 10.5. The van der Waals surface area contributed by atoms with E-state index in [0.717, 1.165) is 0 Å². The van der Waals surface area contributed by atoms with E-state index in [1.54, 1.807) is 6.92 Å². The van der Waals surface area contributed by atoms with Crippen LogP contribution in [0.15, 0.2) is 12.3 Å². The first-order valence-electron chi connectivity index (χ1n) is 3.04. The summed E-state index contributed by atoms with van der Waals surface area (Å²) in [6.07, 6.45) is -4.84. The van der Waals surface area contributed by atoms with Crippen molar-refractivity contribution in [2.75, 3.05) is 0 Å². The molecule has 0 aromatic rings. The summed E-state index contributed by atoms with van der Waals surface area (Å²) in [5.74, 6) is 0.463. The molecule has 0 aliphatic carbocycles. The van der Waals surface area contributed by atoms with Crippen molar-refractivity contribution in [1.82, 2.24) is 0 Å². The third kappa shape index (κ3) is 9.55. The van der Waals surface area contributed by atoms with Crippen LogP contribution in [0.4, 0.5) is 13.2 Å². The van der Waals surface area contributed by atoms with E-state index < -0.39 is 12.6 Å². The zero-order valence-electron chi connectivity index (χ0n) is 6.16.